The maximum absolute atomic E-state index is 4.11. The van der Waals surface area contributed by atoms with Crippen LogP contribution in [0.2, 0.25) is 0 Å². The average molecular weight is 849 g/mol. The van der Waals surface area contributed by atoms with Crippen molar-refractivity contribution in [2.45, 2.75) is 38.0 Å². The molecule has 1 spiro atoms. The van der Waals surface area contributed by atoms with Gasteiger partial charge in [-0.25, -0.2) is 0 Å². The third-order valence-corrected chi connectivity index (χ3v) is 14.0. The van der Waals surface area contributed by atoms with Gasteiger partial charge in [0.05, 0.1) is 5.69 Å². The molecular weight excluding hydrogens is 797 g/mol. The first-order valence-corrected chi connectivity index (χ1v) is 23.4. The summed E-state index contributed by atoms with van der Waals surface area (Å²) in [6, 6.07) is 79.7. The number of nitrogens with zero attached hydrogens (tertiary/aromatic N) is 2. The van der Waals surface area contributed by atoms with Crippen molar-refractivity contribution in [2.75, 3.05) is 9.80 Å². The third kappa shape index (κ3) is 7.35. The Hall–Kier alpha value is -7.94. The Kier molecular flexibility index (Phi) is 10.9. The highest BCUT2D eigenvalue weighted by Gasteiger charge is 2.47. The first kappa shape index (κ1) is 40.8. The zero-order chi connectivity index (χ0) is 44.5. The minimum atomic E-state index is 0.0442. The second kappa shape index (κ2) is 17.6. The Labute approximate surface area is 389 Å². The molecule has 0 aliphatic heterocycles. The van der Waals surface area contributed by atoms with Gasteiger partial charge in [0.25, 0.3) is 0 Å². The Bertz CT molecular complexity index is 3220. The fourth-order valence-electron chi connectivity index (χ4n) is 10.8. The topological polar surface area (TPSA) is 6.48 Å². The van der Waals surface area contributed by atoms with Crippen LogP contribution in [0.25, 0.3) is 49.7 Å². The Balaban J connectivity index is 0.960. The van der Waals surface area contributed by atoms with E-state index in [1.807, 2.05) is 6.08 Å². The van der Waals surface area contributed by atoms with Crippen LogP contribution in [0, 0.1) is 0 Å². The Morgan fingerprint density at radius 2 is 0.879 bits per heavy atom. The predicted octanol–water partition coefficient (Wildman–Crippen LogP) is 18.1. The van der Waals surface area contributed by atoms with Gasteiger partial charge in [-0.15, -0.1) is 0 Å². The summed E-state index contributed by atoms with van der Waals surface area (Å²) in [5.74, 6) is 0. The molecule has 0 unspecified atom stereocenters. The number of rotatable bonds is 10. The molecule has 11 rings (SSSR count). The molecular formula is C64H52N2. The normalized spacial score (nSPS) is 15.0. The van der Waals surface area contributed by atoms with Crippen molar-refractivity contribution < 1.29 is 0 Å². The van der Waals surface area contributed by atoms with E-state index in [2.05, 4.69) is 254 Å². The van der Waals surface area contributed by atoms with Crippen LogP contribution in [0.15, 0.2) is 249 Å². The van der Waals surface area contributed by atoms with E-state index in [-0.39, 0.29) is 5.41 Å². The van der Waals surface area contributed by atoms with Crippen molar-refractivity contribution in [3.63, 3.8) is 0 Å². The van der Waals surface area contributed by atoms with Crippen molar-refractivity contribution in [1.82, 2.24) is 0 Å². The highest BCUT2D eigenvalue weighted by molar-refractivity contribution is 5.99. The van der Waals surface area contributed by atoms with Gasteiger partial charge in [0.1, 0.15) is 0 Å². The summed E-state index contributed by atoms with van der Waals surface area (Å²) < 4.78 is 0. The van der Waals surface area contributed by atoms with E-state index in [0.29, 0.717) is 0 Å². The van der Waals surface area contributed by atoms with Gasteiger partial charge in [0.2, 0.25) is 0 Å². The minimum absolute atomic E-state index is 0.0442. The summed E-state index contributed by atoms with van der Waals surface area (Å²) in [5.41, 5.74) is 19.6. The van der Waals surface area contributed by atoms with Crippen molar-refractivity contribution in [3.05, 3.63) is 260 Å². The molecule has 0 bridgehead atoms. The second-order valence-corrected chi connectivity index (χ2v) is 17.6. The molecule has 2 nitrogen and oxygen atoms in total. The summed E-state index contributed by atoms with van der Waals surface area (Å²) >= 11 is 0. The van der Waals surface area contributed by atoms with E-state index in [9.17, 15) is 0 Å². The molecule has 0 heterocycles. The van der Waals surface area contributed by atoms with Gasteiger partial charge >= 0.3 is 0 Å². The smallest absolute Gasteiger partial charge is 0.0540 e. The first-order valence-electron chi connectivity index (χ1n) is 23.4. The monoisotopic (exact) mass is 848 g/mol. The lowest BCUT2D eigenvalue weighted by molar-refractivity contribution is 0.549. The van der Waals surface area contributed by atoms with Crippen LogP contribution in [-0.2, 0) is 5.41 Å². The van der Waals surface area contributed by atoms with Gasteiger partial charge in [-0.2, -0.15) is 0 Å². The van der Waals surface area contributed by atoms with E-state index in [4.69, 9.17) is 0 Å². The lowest BCUT2D eigenvalue weighted by Crippen LogP contribution is -2.21. The number of benzene rings is 9. The van der Waals surface area contributed by atoms with Gasteiger partial charge in [-0.1, -0.05) is 189 Å². The quantitative estimate of drug-likeness (QED) is 0.135. The lowest BCUT2D eigenvalue weighted by atomic mass is 9.76. The summed E-state index contributed by atoms with van der Waals surface area (Å²) in [7, 11) is 0. The van der Waals surface area contributed by atoms with Crippen LogP contribution in [0.3, 0.4) is 0 Å². The van der Waals surface area contributed by atoms with Gasteiger partial charge in [0, 0.05) is 39.2 Å². The summed E-state index contributed by atoms with van der Waals surface area (Å²) in [5, 5.41) is 2.43. The molecule has 2 aliphatic carbocycles. The molecule has 1 saturated carbocycles. The van der Waals surface area contributed by atoms with Crippen LogP contribution in [-0.4, -0.2) is 0 Å². The number of hydrogen-bond donors (Lipinski definition) is 0. The van der Waals surface area contributed by atoms with Crippen LogP contribution < -0.4 is 9.80 Å². The van der Waals surface area contributed by atoms with Crippen LogP contribution in [0.4, 0.5) is 34.1 Å². The highest BCUT2D eigenvalue weighted by atomic mass is 15.1. The maximum atomic E-state index is 4.11. The summed E-state index contributed by atoms with van der Waals surface area (Å²) in [6.45, 7) is 6.32. The van der Waals surface area contributed by atoms with E-state index >= 15 is 0 Å². The highest BCUT2D eigenvalue weighted by Crippen LogP contribution is 2.59. The number of fused-ring (bicyclic) bond motifs is 3. The van der Waals surface area contributed by atoms with Crippen LogP contribution in [0.1, 0.15) is 43.7 Å². The SMILES string of the molecule is C=C/C=C1\C(=C/C)C2(CCCC2)c2cc(N(c3ccc(-c4ccccc4)cc3)c3ccc(-c4ccc(N(c5ccc(-c6ccccc6)cc5)c5cccc6ccccc56)cc4)cc3)ccc21. The zero-order valence-corrected chi connectivity index (χ0v) is 37.4. The van der Waals surface area contributed by atoms with Crippen molar-refractivity contribution in [1.29, 1.82) is 0 Å². The Morgan fingerprint density at radius 3 is 1.38 bits per heavy atom. The molecule has 0 aromatic heterocycles. The van der Waals surface area contributed by atoms with Gasteiger partial charge in [0.15, 0.2) is 0 Å². The van der Waals surface area contributed by atoms with E-state index in [0.717, 1.165) is 28.4 Å². The van der Waals surface area contributed by atoms with Crippen LogP contribution in [0.5, 0.6) is 0 Å². The molecule has 0 saturated heterocycles. The predicted molar refractivity (Wildman–Crippen MR) is 282 cm³/mol. The average Bonchev–Trinajstić information content (AvgIpc) is 3.98. The fraction of sp³-hybridized carbons (Fsp3) is 0.0938. The summed E-state index contributed by atoms with van der Waals surface area (Å²) in [6.07, 6.45) is 11.4. The van der Waals surface area contributed by atoms with Crippen molar-refractivity contribution in [2.24, 2.45) is 0 Å². The zero-order valence-electron chi connectivity index (χ0n) is 37.4. The van der Waals surface area contributed by atoms with Crippen molar-refractivity contribution in [3.8, 4) is 33.4 Å². The van der Waals surface area contributed by atoms with Gasteiger partial charge in [-0.3, -0.25) is 0 Å². The van der Waals surface area contributed by atoms with Gasteiger partial charge in [-0.05, 0) is 148 Å². The molecule has 66 heavy (non-hydrogen) atoms. The molecule has 1 fully saturated rings. The third-order valence-electron chi connectivity index (χ3n) is 14.0. The first-order chi connectivity index (χ1) is 32.6. The summed E-state index contributed by atoms with van der Waals surface area (Å²) in [4.78, 5) is 4.81. The molecule has 2 aliphatic rings. The minimum Gasteiger partial charge on any atom is -0.310 e. The molecule has 0 amide bonds. The molecule has 9 aromatic rings. The largest absolute Gasteiger partial charge is 0.310 e. The Morgan fingerprint density at radius 1 is 0.439 bits per heavy atom. The molecule has 0 N–H and O–H groups in total. The molecule has 0 atom stereocenters. The number of anilines is 6. The molecule has 318 valence electrons. The lowest BCUT2D eigenvalue weighted by Gasteiger charge is -2.30. The maximum Gasteiger partial charge on any atom is 0.0540 e. The molecule has 0 radical (unpaired) electrons. The van der Waals surface area contributed by atoms with Crippen molar-refractivity contribution >= 4 is 50.5 Å². The standard InChI is InChI=1S/C64H52N2/c1-3-16-59-60-42-41-57(45-62(60)64(61(59)4-2)43-13-14-44-64)65(53-33-25-48(26-34-53)46-17-7-5-8-18-46)54-35-27-50(28-36-54)51-31-39-56(40-32-51)66(63-24-15-22-52-21-11-12-23-58(52)63)55-37-29-49(30-38-55)47-19-9-6-10-20-47/h3-12,15-42,45H,1,13-14,43-44H2,2H3/b59-16-,61-4+. The molecule has 2 heteroatoms. The fourth-order valence-corrected chi connectivity index (χ4v) is 10.8. The van der Waals surface area contributed by atoms with Gasteiger partial charge < -0.3 is 9.80 Å². The van der Waals surface area contributed by atoms with E-state index < -0.39 is 0 Å². The number of allylic oxidation sites excluding steroid dienone is 5. The van der Waals surface area contributed by atoms with Crippen LogP contribution >= 0.6 is 0 Å². The second-order valence-electron chi connectivity index (χ2n) is 17.6. The van der Waals surface area contributed by atoms with E-state index in [1.54, 1.807) is 0 Å². The van der Waals surface area contributed by atoms with E-state index in [1.165, 1.54) is 97.8 Å². The number of hydrogen-bond acceptors (Lipinski definition) is 2. The molecule has 9 aromatic carbocycles.